The Morgan fingerprint density at radius 3 is 2.68 bits per heavy atom. The zero-order valence-corrected chi connectivity index (χ0v) is 22.7. The van der Waals surface area contributed by atoms with Crippen molar-refractivity contribution in [3.05, 3.63) is 54.6 Å². The van der Waals surface area contributed by atoms with E-state index >= 15 is 0 Å². The first-order chi connectivity index (χ1) is 18.3. The molecule has 9 heteroatoms. The Bertz CT molecular complexity index is 1090. The zero-order valence-electron chi connectivity index (χ0n) is 21.9. The number of aliphatic hydroxyl groups excluding tert-OH is 1. The quantitative estimate of drug-likeness (QED) is 0.230. The minimum atomic E-state index is -1.18. The van der Waals surface area contributed by atoms with Crippen LogP contribution in [0.1, 0.15) is 45.4 Å². The van der Waals surface area contributed by atoms with Gasteiger partial charge in [0.15, 0.2) is 0 Å². The number of para-hydroxylation sites is 1. The molecule has 0 saturated carbocycles. The maximum atomic E-state index is 14.3. The van der Waals surface area contributed by atoms with Crippen molar-refractivity contribution in [3.8, 4) is 0 Å². The van der Waals surface area contributed by atoms with Crippen LogP contribution in [0.25, 0.3) is 0 Å². The van der Waals surface area contributed by atoms with E-state index in [1.807, 2.05) is 13.0 Å². The van der Waals surface area contributed by atoms with Crippen LogP contribution in [-0.2, 0) is 23.9 Å². The summed E-state index contributed by atoms with van der Waals surface area (Å²) in [4.78, 5) is 44.7. The number of rotatable bonds is 13. The fraction of sp³-hybridized carbons (Fsp3) is 0.552. The Labute approximate surface area is 229 Å². The van der Waals surface area contributed by atoms with Crippen molar-refractivity contribution in [2.75, 3.05) is 31.2 Å². The number of carbonyl (C=O) groups is 3. The van der Waals surface area contributed by atoms with Gasteiger partial charge in [-0.25, -0.2) is 0 Å². The molecule has 38 heavy (non-hydrogen) atoms. The molecule has 1 N–H and O–H groups in total. The van der Waals surface area contributed by atoms with Gasteiger partial charge in [0.2, 0.25) is 5.91 Å². The second-order valence-electron chi connectivity index (χ2n) is 10.5. The molecule has 3 heterocycles. The summed E-state index contributed by atoms with van der Waals surface area (Å²) < 4.78 is 12.3. The van der Waals surface area contributed by atoms with Crippen molar-refractivity contribution in [2.45, 2.75) is 62.7 Å². The maximum Gasteiger partial charge on any atom is 0.312 e. The number of aliphatic hydroxyl groups is 1. The van der Waals surface area contributed by atoms with Crippen LogP contribution in [0.15, 0.2) is 49.6 Å². The van der Waals surface area contributed by atoms with Gasteiger partial charge in [-0.15, -0.1) is 13.2 Å². The number of benzene rings is 1. The molecule has 3 aliphatic rings. The molecule has 2 unspecified atom stereocenters. The molecule has 3 saturated heterocycles. The van der Waals surface area contributed by atoms with E-state index in [1.165, 1.54) is 9.80 Å². The predicted molar refractivity (Wildman–Crippen MR) is 145 cm³/mol. The number of likely N-dealkylation sites (tertiary alicyclic amines) is 1. The zero-order chi connectivity index (χ0) is 27.5. The first-order valence-corrected chi connectivity index (χ1v) is 13.7. The highest BCUT2D eigenvalue weighted by molar-refractivity contribution is 6.34. The molecule has 206 valence electrons. The minimum absolute atomic E-state index is 0.141. The van der Waals surface area contributed by atoms with E-state index in [0.717, 1.165) is 12.8 Å². The third-order valence-corrected chi connectivity index (χ3v) is 8.41. The van der Waals surface area contributed by atoms with Gasteiger partial charge in [-0.05, 0) is 57.6 Å². The highest BCUT2D eigenvalue weighted by Gasteiger charge is 2.78. The number of fused-ring (bicyclic) bond motifs is 1. The predicted octanol–water partition coefficient (Wildman–Crippen LogP) is 3.91. The molecule has 0 radical (unpaired) electrons. The number of amides is 2. The van der Waals surface area contributed by atoms with Crippen molar-refractivity contribution in [3.63, 3.8) is 0 Å². The van der Waals surface area contributed by atoms with Crippen LogP contribution < -0.4 is 4.90 Å². The lowest BCUT2D eigenvalue weighted by Crippen LogP contribution is -2.56. The summed E-state index contributed by atoms with van der Waals surface area (Å²) in [6, 6.07) is 6.03. The number of anilines is 1. The molecule has 8 nitrogen and oxygen atoms in total. The SMILES string of the molecule is C=CCCCCOC(=O)[C@H]1[C@H]2C(=O)N(CCCO)C(C(=O)N(CC=C)c3ccccc3Cl)C23CC[C@]1(C)O3. The van der Waals surface area contributed by atoms with Gasteiger partial charge >= 0.3 is 5.97 Å². The number of unbranched alkanes of at least 4 members (excludes halogenated alkanes) is 2. The Morgan fingerprint density at radius 2 is 2.00 bits per heavy atom. The number of esters is 1. The van der Waals surface area contributed by atoms with Crippen LogP contribution >= 0.6 is 11.6 Å². The van der Waals surface area contributed by atoms with E-state index in [9.17, 15) is 19.5 Å². The van der Waals surface area contributed by atoms with Crippen molar-refractivity contribution < 1.29 is 29.0 Å². The van der Waals surface area contributed by atoms with Crippen LogP contribution in [-0.4, -0.2) is 71.3 Å². The van der Waals surface area contributed by atoms with E-state index in [1.54, 1.807) is 30.3 Å². The van der Waals surface area contributed by atoms with Crippen LogP contribution in [0.3, 0.4) is 0 Å². The summed E-state index contributed by atoms with van der Waals surface area (Å²) in [6.07, 6.45) is 7.09. The van der Waals surface area contributed by atoms with Gasteiger partial charge in [0.1, 0.15) is 17.6 Å². The average Bonchev–Trinajstić information content (AvgIpc) is 3.46. The topological polar surface area (TPSA) is 96.4 Å². The smallest absolute Gasteiger partial charge is 0.312 e. The third kappa shape index (κ3) is 4.78. The van der Waals surface area contributed by atoms with E-state index in [-0.39, 0.29) is 38.1 Å². The number of carbonyl (C=O) groups excluding carboxylic acids is 3. The third-order valence-electron chi connectivity index (χ3n) is 8.09. The summed E-state index contributed by atoms with van der Waals surface area (Å²) in [5, 5.41) is 9.94. The number of nitrogens with zero attached hydrogens (tertiary/aromatic N) is 2. The van der Waals surface area contributed by atoms with E-state index in [2.05, 4.69) is 13.2 Å². The lowest BCUT2D eigenvalue weighted by Gasteiger charge is -2.37. The molecule has 0 aromatic heterocycles. The molecule has 4 rings (SSSR count). The lowest BCUT2D eigenvalue weighted by molar-refractivity contribution is -0.159. The van der Waals surface area contributed by atoms with Crippen LogP contribution in [0, 0.1) is 11.8 Å². The van der Waals surface area contributed by atoms with Crippen LogP contribution in [0.2, 0.25) is 5.02 Å². The molecule has 3 fully saturated rings. The van der Waals surface area contributed by atoms with Gasteiger partial charge in [0.25, 0.3) is 5.91 Å². The van der Waals surface area contributed by atoms with Gasteiger partial charge in [-0.3, -0.25) is 14.4 Å². The van der Waals surface area contributed by atoms with Crippen LogP contribution in [0.4, 0.5) is 5.69 Å². The number of allylic oxidation sites excluding steroid dienone is 1. The van der Waals surface area contributed by atoms with E-state index in [4.69, 9.17) is 21.1 Å². The van der Waals surface area contributed by atoms with Gasteiger partial charge in [-0.2, -0.15) is 0 Å². The summed E-state index contributed by atoms with van der Waals surface area (Å²) in [5.41, 5.74) is -1.58. The first kappa shape index (κ1) is 28.3. The average molecular weight is 545 g/mol. The highest BCUT2D eigenvalue weighted by Crippen LogP contribution is 2.63. The molecular weight excluding hydrogens is 508 g/mol. The number of ether oxygens (including phenoxy) is 2. The van der Waals surface area contributed by atoms with Crippen LogP contribution in [0.5, 0.6) is 0 Å². The minimum Gasteiger partial charge on any atom is -0.465 e. The summed E-state index contributed by atoms with van der Waals surface area (Å²) >= 11 is 6.47. The summed E-state index contributed by atoms with van der Waals surface area (Å²) in [7, 11) is 0. The molecule has 1 aromatic rings. The highest BCUT2D eigenvalue weighted by atomic mass is 35.5. The molecule has 3 aliphatic heterocycles. The normalized spacial score (nSPS) is 29.3. The molecule has 2 amide bonds. The van der Waals surface area contributed by atoms with Crippen molar-refractivity contribution in [1.29, 1.82) is 0 Å². The molecular formula is C29H37ClN2O6. The second kappa shape index (κ2) is 11.6. The van der Waals surface area contributed by atoms with Crippen molar-refractivity contribution in [2.24, 2.45) is 11.8 Å². The lowest BCUT2D eigenvalue weighted by atomic mass is 9.66. The summed E-state index contributed by atoms with van der Waals surface area (Å²) in [5.74, 6) is -2.78. The van der Waals surface area contributed by atoms with Gasteiger partial charge in [0, 0.05) is 19.7 Å². The fourth-order valence-corrected chi connectivity index (χ4v) is 6.69. The van der Waals surface area contributed by atoms with Gasteiger partial charge in [0.05, 0.1) is 28.8 Å². The number of halogens is 1. The Balaban J connectivity index is 1.69. The number of hydrogen-bond donors (Lipinski definition) is 1. The van der Waals surface area contributed by atoms with E-state index < -0.39 is 35.0 Å². The second-order valence-corrected chi connectivity index (χ2v) is 10.9. The standard InChI is InChI=1S/C29H37ClN2O6/c1-4-6-7-10-19-37-27(36)23-22-25(34)32(17-11-18-33)24(29(22)15-14-28(23,3)38-29)26(35)31(16-5-2)21-13-9-8-12-20(21)30/h4-5,8-9,12-13,22-24,33H,1-2,6-7,10-11,14-19H2,3H3/t22-,23+,24?,28-,29?/m0/s1. The first-order valence-electron chi connectivity index (χ1n) is 13.3. The van der Waals surface area contributed by atoms with Gasteiger partial charge in [-0.1, -0.05) is 35.9 Å². The Kier molecular flexibility index (Phi) is 8.65. The largest absolute Gasteiger partial charge is 0.465 e. The molecule has 0 aliphatic carbocycles. The maximum absolute atomic E-state index is 14.3. The Morgan fingerprint density at radius 1 is 1.24 bits per heavy atom. The summed E-state index contributed by atoms with van der Waals surface area (Å²) in [6.45, 7) is 9.80. The fourth-order valence-electron chi connectivity index (χ4n) is 6.45. The van der Waals surface area contributed by atoms with Gasteiger partial charge < -0.3 is 24.4 Å². The molecule has 5 atom stereocenters. The molecule has 1 aromatic carbocycles. The van der Waals surface area contributed by atoms with E-state index in [0.29, 0.717) is 36.4 Å². The van der Waals surface area contributed by atoms with Crippen molar-refractivity contribution in [1.82, 2.24) is 4.90 Å². The van der Waals surface area contributed by atoms with Crippen molar-refractivity contribution >= 4 is 35.1 Å². The molecule has 1 spiro atoms. The molecule has 2 bridgehead atoms. The Hall–Kier alpha value is -2.68. The monoisotopic (exact) mass is 544 g/mol. The number of hydrogen-bond acceptors (Lipinski definition) is 6.